The lowest BCUT2D eigenvalue weighted by Gasteiger charge is -2.16. The number of alkyl halides is 1. The summed E-state index contributed by atoms with van der Waals surface area (Å²) in [6, 6.07) is 10.9. The van der Waals surface area contributed by atoms with Crippen LogP contribution in [-0.4, -0.2) is 0 Å². The van der Waals surface area contributed by atoms with E-state index in [1.165, 1.54) is 26.4 Å². The van der Waals surface area contributed by atoms with E-state index in [9.17, 15) is 0 Å². The molecule has 1 heterocycles. The fraction of sp³-hybridized carbons (Fsp3) is 0.412. The highest BCUT2D eigenvalue weighted by molar-refractivity contribution is 7.12. The molecule has 1 atom stereocenters. The second kappa shape index (κ2) is 5.30. The van der Waals surface area contributed by atoms with Crippen molar-refractivity contribution in [2.75, 3.05) is 0 Å². The highest BCUT2D eigenvalue weighted by Gasteiger charge is 2.19. The van der Waals surface area contributed by atoms with E-state index in [0.29, 0.717) is 0 Å². The van der Waals surface area contributed by atoms with Crippen LogP contribution in [0.4, 0.5) is 0 Å². The fourth-order valence-corrected chi connectivity index (χ4v) is 3.39. The maximum atomic E-state index is 6.63. The van der Waals surface area contributed by atoms with Gasteiger partial charge in [0.05, 0.1) is 5.38 Å². The van der Waals surface area contributed by atoms with E-state index in [2.05, 4.69) is 65.0 Å². The van der Waals surface area contributed by atoms with Gasteiger partial charge >= 0.3 is 0 Å². The molecule has 0 saturated carbocycles. The predicted octanol–water partition coefficient (Wildman–Crippen LogP) is 5.99. The first-order valence-corrected chi connectivity index (χ1v) is 7.86. The average molecular weight is 293 g/mol. The number of aryl methyl sites for hydroxylation is 2. The molecule has 1 aromatic carbocycles. The zero-order valence-corrected chi connectivity index (χ0v) is 13.8. The van der Waals surface area contributed by atoms with Gasteiger partial charge in [0.15, 0.2) is 0 Å². The number of hydrogen-bond donors (Lipinski definition) is 0. The molecule has 0 aliphatic rings. The van der Waals surface area contributed by atoms with Crippen LogP contribution in [0.2, 0.25) is 0 Å². The molecule has 0 N–H and O–H groups in total. The SMILES string of the molecule is Cc1ccc(C(Cl)c2ccc(C(C)(C)C)s2)cc1C. The number of hydrogen-bond acceptors (Lipinski definition) is 1. The number of rotatable bonds is 2. The van der Waals surface area contributed by atoms with Gasteiger partial charge in [-0.2, -0.15) is 0 Å². The second-order valence-corrected chi connectivity index (χ2v) is 7.71. The van der Waals surface area contributed by atoms with E-state index in [-0.39, 0.29) is 10.8 Å². The lowest BCUT2D eigenvalue weighted by atomic mass is 9.95. The molecule has 1 aromatic heterocycles. The topological polar surface area (TPSA) is 0 Å². The maximum absolute atomic E-state index is 6.63. The fourth-order valence-electron chi connectivity index (χ4n) is 1.98. The first-order chi connectivity index (χ1) is 8.79. The van der Waals surface area contributed by atoms with E-state index in [0.717, 1.165) is 0 Å². The molecule has 19 heavy (non-hydrogen) atoms. The molecule has 0 amide bonds. The molecule has 0 nitrogen and oxygen atoms in total. The zero-order valence-electron chi connectivity index (χ0n) is 12.3. The average Bonchev–Trinajstić information content (AvgIpc) is 2.81. The Balaban J connectivity index is 2.31. The first-order valence-electron chi connectivity index (χ1n) is 6.60. The normalized spacial score (nSPS) is 13.6. The van der Waals surface area contributed by atoms with Gasteiger partial charge in [0.1, 0.15) is 0 Å². The third kappa shape index (κ3) is 3.21. The van der Waals surface area contributed by atoms with Gasteiger partial charge in [0.2, 0.25) is 0 Å². The van der Waals surface area contributed by atoms with E-state index < -0.39 is 0 Å². The van der Waals surface area contributed by atoms with Crippen molar-refractivity contribution in [3.8, 4) is 0 Å². The molecule has 0 spiro atoms. The molecular weight excluding hydrogens is 272 g/mol. The van der Waals surface area contributed by atoms with Gasteiger partial charge in [0.25, 0.3) is 0 Å². The Bertz CT molecular complexity index is 575. The first kappa shape index (κ1) is 14.6. The van der Waals surface area contributed by atoms with Gasteiger partial charge in [-0.3, -0.25) is 0 Å². The molecule has 0 fully saturated rings. The Labute approximate surface area is 125 Å². The molecule has 2 aromatic rings. The lowest BCUT2D eigenvalue weighted by molar-refractivity contribution is 0.604. The number of halogens is 1. The van der Waals surface area contributed by atoms with Crippen molar-refractivity contribution >= 4 is 22.9 Å². The summed E-state index contributed by atoms with van der Waals surface area (Å²) in [5, 5.41) is -0.0413. The van der Waals surface area contributed by atoms with Crippen LogP contribution < -0.4 is 0 Å². The molecule has 0 aliphatic carbocycles. The summed E-state index contributed by atoms with van der Waals surface area (Å²) in [6.07, 6.45) is 0. The Kier molecular flexibility index (Phi) is 4.08. The highest BCUT2D eigenvalue weighted by Crippen LogP contribution is 2.38. The van der Waals surface area contributed by atoms with Crippen LogP contribution in [0.15, 0.2) is 30.3 Å². The predicted molar refractivity (Wildman–Crippen MR) is 86.6 cm³/mol. The van der Waals surface area contributed by atoms with Crippen LogP contribution in [0.5, 0.6) is 0 Å². The standard InChI is InChI=1S/C17H21ClS/c1-11-6-7-13(10-12(11)2)16(18)14-8-9-15(19-14)17(3,4)5/h6-10,16H,1-5H3. The number of benzene rings is 1. The van der Waals surface area contributed by atoms with Gasteiger partial charge in [-0.25, -0.2) is 0 Å². The Morgan fingerprint density at radius 2 is 1.68 bits per heavy atom. The molecule has 1 unspecified atom stereocenters. The van der Waals surface area contributed by atoms with Crippen molar-refractivity contribution in [2.24, 2.45) is 0 Å². The molecule has 2 rings (SSSR count). The molecule has 0 bridgehead atoms. The monoisotopic (exact) mass is 292 g/mol. The summed E-state index contributed by atoms with van der Waals surface area (Å²) in [5.41, 5.74) is 4.00. The maximum Gasteiger partial charge on any atom is 0.0927 e. The minimum atomic E-state index is -0.0413. The van der Waals surface area contributed by atoms with Gasteiger partial charge in [0, 0.05) is 9.75 Å². The van der Waals surface area contributed by atoms with Crippen molar-refractivity contribution in [1.29, 1.82) is 0 Å². The lowest BCUT2D eigenvalue weighted by Crippen LogP contribution is -2.07. The Hall–Kier alpha value is -0.790. The van der Waals surface area contributed by atoms with Crippen molar-refractivity contribution in [2.45, 2.75) is 45.4 Å². The quantitative estimate of drug-likeness (QED) is 0.596. The van der Waals surface area contributed by atoms with Crippen LogP contribution in [0.3, 0.4) is 0 Å². The van der Waals surface area contributed by atoms with Crippen molar-refractivity contribution in [1.82, 2.24) is 0 Å². The minimum absolute atomic E-state index is 0.0413. The van der Waals surface area contributed by atoms with Crippen molar-refractivity contribution in [3.63, 3.8) is 0 Å². The molecule has 0 aliphatic heterocycles. The van der Waals surface area contributed by atoms with Crippen LogP contribution >= 0.6 is 22.9 Å². The van der Waals surface area contributed by atoms with Crippen LogP contribution in [0.25, 0.3) is 0 Å². The molecule has 2 heteroatoms. The zero-order chi connectivity index (χ0) is 14.2. The Morgan fingerprint density at radius 3 is 2.21 bits per heavy atom. The third-order valence-corrected chi connectivity index (χ3v) is 5.63. The Morgan fingerprint density at radius 1 is 1.00 bits per heavy atom. The van der Waals surface area contributed by atoms with Gasteiger partial charge < -0.3 is 0 Å². The third-order valence-electron chi connectivity index (χ3n) is 3.44. The minimum Gasteiger partial charge on any atom is -0.143 e. The van der Waals surface area contributed by atoms with Gasteiger partial charge in [-0.05, 0) is 48.1 Å². The summed E-state index contributed by atoms with van der Waals surface area (Å²) in [5.74, 6) is 0. The molecule has 0 radical (unpaired) electrons. The summed E-state index contributed by atoms with van der Waals surface area (Å²) >= 11 is 8.45. The summed E-state index contributed by atoms with van der Waals surface area (Å²) in [7, 11) is 0. The number of thiophene rings is 1. The van der Waals surface area contributed by atoms with Gasteiger partial charge in [-0.1, -0.05) is 39.0 Å². The van der Waals surface area contributed by atoms with Crippen LogP contribution in [-0.2, 0) is 5.41 Å². The largest absolute Gasteiger partial charge is 0.143 e. The van der Waals surface area contributed by atoms with E-state index in [4.69, 9.17) is 11.6 Å². The smallest absolute Gasteiger partial charge is 0.0927 e. The molecule has 0 saturated heterocycles. The molecular formula is C17H21ClS. The summed E-state index contributed by atoms with van der Waals surface area (Å²) in [6.45, 7) is 11.0. The summed E-state index contributed by atoms with van der Waals surface area (Å²) in [4.78, 5) is 2.62. The highest BCUT2D eigenvalue weighted by atomic mass is 35.5. The van der Waals surface area contributed by atoms with Gasteiger partial charge in [-0.15, -0.1) is 22.9 Å². The van der Waals surface area contributed by atoms with E-state index in [1.54, 1.807) is 0 Å². The second-order valence-electron chi connectivity index (χ2n) is 6.16. The summed E-state index contributed by atoms with van der Waals surface area (Å²) < 4.78 is 0. The van der Waals surface area contributed by atoms with Crippen molar-refractivity contribution < 1.29 is 0 Å². The van der Waals surface area contributed by atoms with Crippen LogP contribution in [0, 0.1) is 13.8 Å². The van der Waals surface area contributed by atoms with E-state index >= 15 is 0 Å². The molecule has 102 valence electrons. The van der Waals surface area contributed by atoms with E-state index in [1.807, 2.05) is 11.3 Å². The van der Waals surface area contributed by atoms with Crippen LogP contribution in [0.1, 0.15) is 52.6 Å². The van der Waals surface area contributed by atoms with Crippen molar-refractivity contribution in [3.05, 3.63) is 56.8 Å².